The van der Waals surface area contributed by atoms with E-state index in [1.807, 2.05) is 13.2 Å². The van der Waals surface area contributed by atoms with Crippen molar-refractivity contribution in [2.45, 2.75) is 20.8 Å². The number of thioether (sulfide) groups is 1. The first-order valence-corrected chi connectivity index (χ1v) is 6.77. The Bertz CT molecular complexity index is 345. The fourth-order valence-electron chi connectivity index (χ4n) is 1.10. The average Bonchev–Trinajstić information content (AvgIpc) is 2.32. The van der Waals surface area contributed by atoms with Crippen molar-refractivity contribution in [3.8, 4) is 0 Å². The second-order valence-electron chi connectivity index (χ2n) is 3.52. The van der Waals surface area contributed by atoms with Gasteiger partial charge >= 0.3 is 0 Å². The Morgan fingerprint density at radius 1 is 1.47 bits per heavy atom. The predicted octanol–water partition coefficient (Wildman–Crippen LogP) is 4.12. The molecule has 0 amide bonds. The average molecular weight is 257 g/mol. The standard InChI is InChI=1S/C13H20FNOS/c1-6-12(9-15-16-7-8-17-5)11(4)13(14)10(2)3/h6,9H,2,7-8H2,1,3-5H3/b12-6?,13-11+,15-9+. The lowest BCUT2D eigenvalue weighted by molar-refractivity contribution is 0.163. The van der Waals surface area contributed by atoms with Crippen molar-refractivity contribution in [3.05, 3.63) is 35.2 Å². The highest BCUT2D eigenvalue weighted by atomic mass is 32.2. The van der Waals surface area contributed by atoms with Crippen LogP contribution in [0.4, 0.5) is 4.39 Å². The molecule has 2 nitrogen and oxygen atoms in total. The maximum absolute atomic E-state index is 13.6. The number of oxime groups is 1. The summed E-state index contributed by atoms with van der Waals surface area (Å²) in [5, 5.41) is 3.81. The zero-order valence-electron chi connectivity index (χ0n) is 10.9. The van der Waals surface area contributed by atoms with Gasteiger partial charge in [-0.15, -0.1) is 0 Å². The van der Waals surface area contributed by atoms with E-state index >= 15 is 0 Å². The second kappa shape index (κ2) is 9.05. The van der Waals surface area contributed by atoms with Crippen molar-refractivity contribution in [1.29, 1.82) is 0 Å². The lowest BCUT2D eigenvalue weighted by atomic mass is 10.1. The summed E-state index contributed by atoms with van der Waals surface area (Å²) in [6.07, 6.45) is 5.32. The molecule has 0 fully saturated rings. The van der Waals surface area contributed by atoms with Gasteiger partial charge in [0.1, 0.15) is 12.4 Å². The van der Waals surface area contributed by atoms with E-state index < -0.39 is 0 Å². The Hall–Kier alpha value is -1.03. The Morgan fingerprint density at radius 3 is 2.59 bits per heavy atom. The molecule has 0 aromatic heterocycles. The molecular formula is C13H20FNOS. The minimum absolute atomic E-state index is 0.298. The van der Waals surface area contributed by atoms with E-state index in [1.165, 1.54) is 6.21 Å². The van der Waals surface area contributed by atoms with Crippen molar-refractivity contribution in [2.75, 3.05) is 18.6 Å². The van der Waals surface area contributed by atoms with Crippen LogP contribution in [-0.4, -0.2) is 24.8 Å². The predicted molar refractivity (Wildman–Crippen MR) is 75.2 cm³/mol. The van der Waals surface area contributed by atoms with Crippen LogP contribution in [0, 0.1) is 0 Å². The van der Waals surface area contributed by atoms with E-state index in [2.05, 4.69) is 11.7 Å². The minimum Gasteiger partial charge on any atom is -0.395 e. The molecule has 0 bridgehead atoms. The topological polar surface area (TPSA) is 21.6 Å². The molecule has 0 atom stereocenters. The van der Waals surface area contributed by atoms with Crippen LogP contribution in [0.3, 0.4) is 0 Å². The number of hydrogen-bond acceptors (Lipinski definition) is 3. The van der Waals surface area contributed by atoms with Crippen molar-refractivity contribution < 1.29 is 9.23 Å². The highest BCUT2D eigenvalue weighted by Gasteiger charge is 2.05. The SMILES string of the molecule is C=C(C)/C(F)=C(/C)C(=CC)/C=N/OCCSC. The van der Waals surface area contributed by atoms with Gasteiger partial charge in [-0.2, -0.15) is 11.8 Å². The smallest absolute Gasteiger partial charge is 0.129 e. The normalized spacial score (nSPS) is 13.8. The van der Waals surface area contributed by atoms with Gasteiger partial charge in [0, 0.05) is 5.75 Å². The molecule has 4 heteroatoms. The molecular weight excluding hydrogens is 237 g/mol. The maximum atomic E-state index is 13.6. The molecule has 17 heavy (non-hydrogen) atoms. The van der Waals surface area contributed by atoms with Crippen molar-refractivity contribution in [3.63, 3.8) is 0 Å². The molecule has 96 valence electrons. The molecule has 0 aliphatic heterocycles. The number of rotatable bonds is 7. The summed E-state index contributed by atoms with van der Waals surface area (Å²) in [5.41, 5.74) is 1.64. The Kier molecular flexibility index (Phi) is 8.50. The number of halogens is 1. The Balaban J connectivity index is 4.56. The van der Waals surface area contributed by atoms with E-state index in [-0.39, 0.29) is 5.83 Å². The van der Waals surface area contributed by atoms with Crippen LogP contribution in [0.1, 0.15) is 20.8 Å². The molecule has 0 radical (unpaired) electrons. The van der Waals surface area contributed by atoms with Gasteiger partial charge in [-0.25, -0.2) is 4.39 Å². The highest BCUT2D eigenvalue weighted by molar-refractivity contribution is 7.98. The molecule has 0 aromatic rings. The number of allylic oxidation sites excluding steroid dienone is 5. The molecule has 0 N–H and O–H groups in total. The molecule has 0 aliphatic carbocycles. The number of nitrogens with zero attached hydrogens (tertiary/aromatic N) is 1. The van der Waals surface area contributed by atoms with Crippen molar-refractivity contribution >= 4 is 18.0 Å². The second-order valence-corrected chi connectivity index (χ2v) is 4.51. The lowest BCUT2D eigenvalue weighted by Gasteiger charge is -2.04. The van der Waals surface area contributed by atoms with Gasteiger partial charge in [0.15, 0.2) is 0 Å². The highest BCUT2D eigenvalue weighted by Crippen LogP contribution is 2.19. The monoisotopic (exact) mass is 257 g/mol. The van der Waals surface area contributed by atoms with Gasteiger partial charge < -0.3 is 4.84 Å². The van der Waals surface area contributed by atoms with Crippen LogP contribution in [0.25, 0.3) is 0 Å². The van der Waals surface area contributed by atoms with Crippen LogP contribution < -0.4 is 0 Å². The van der Waals surface area contributed by atoms with E-state index in [0.717, 1.165) is 5.75 Å². The first-order chi connectivity index (χ1) is 8.04. The molecule has 0 unspecified atom stereocenters. The zero-order chi connectivity index (χ0) is 13.3. The first kappa shape index (κ1) is 16.0. The first-order valence-electron chi connectivity index (χ1n) is 5.37. The third-order valence-electron chi connectivity index (χ3n) is 2.09. The summed E-state index contributed by atoms with van der Waals surface area (Å²) in [7, 11) is 0. The van der Waals surface area contributed by atoms with E-state index in [4.69, 9.17) is 4.84 Å². The molecule has 0 saturated carbocycles. The van der Waals surface area contributed by atoms with Gasteiger partial charge in [-0.3, -0.25) is 0 Å². The van der Waals surface area contributed by atoms with Crippen LogP contribution >= 0.6 is 11.8 Å². The molecule has 0 saturated heterocycles. The minimum atomic E-state index is -0.298. The molecule has 0 aliphatic rings. The third-order valence-corrected chi connectivity index (χ3v) is 2.67. The van der Waals surface area contributed by atoms with Crippen molar-refractivity contribution in [2.24, 2.45) is 5.16 Å². The fourth-order valence-corrected chi connectivity index (χ4v) is 1.34. The number of hydrogen-bond donors (Lipinski definition) is 0. The van der Waals surface area contributed by atoms with Gasteiger partial charge in [0.25, 0.3) is 0 Å². The zero-order valence-corrected chi connectivity index (χ0v) is 11.7. The van der Waals surface area contributed by atoms with Gasteiger partial charge in [-0.1, -0.05) is 17.8 Å². The molecule has 0 rings (SSSR count). The summed E-state index contributed by atoms with van der Waals surface area (Å²) in [4.78, 5) is 5.04. The van der Waals surface area contributed by atoms with Crippen molar-refractivity contribution in [1.82, 2.24) is 0 Å². The maximum Gasteiger partial charge on any atom is 0.129 e. The van der Waals surface area contributed by atoms with Crippen LogP contribution in [0.2, 0.25) is 0 Å². The molecule has 0 spiro atoms. The fraction of sp³-hybridized carbons (Fsp3) is 0.462. The summed E-state index contributed by atoms with van der Waals surface area (Å²) >= 11 is 1.69. The summed E-state index contributed by atoms with van der Waals surface area (Å²) in [5.74, 6) is 0.589. The summed E-state index contributed by atoms with van der Waals surface area (Å²) in [6, 6.07) is 0. The Labute approximate surface area is 107 Å². The van der Waals surface area contributed by atoms with E-state index in [9.17, 15) is 4.39 Å². The Morgan fingerprint density at radius 2 is 2.12 bits per heavy atom. The lowest BCUT2D eigenvalue weighted by Crippen LogP contribution is -1.95. The van der Waals surface area contributed by atoms with Crippen LogP contribution in [-0.2, 0) is 4.84 Å². The molecule has 0 aromatic carbocycles. The van der Waals surface area contributed by atoms with Gasteiger partial charge in [0.2, 0.25) is 0 Å². The van der Waals surface area contributed by atoms with Crippen LogP contribution in [0.15, 0.2) is 40.4 Å². The van der Waals surface area contributed by atoms with Gasteiger partial charge in [-0.05, 0) is 43.7 Å². The summed E-state index contributed by atoms with van der Waals surface area (Å²) < 4.78 is 13.6. The van der Waals surface area contributed by atoms with Gasteiger partial charge in [0.05, 0.1) is 6.21 Å². The quantitative estimate of drug-likeness (QED) is 0.296. The largest absolute Gasteiger partial charge is 0.395 e. The van der Waals surface area contributed by atoms with E-state index in [0.29, 0.717) is 23.3 Å². The van der Waals surface area contributed by atoms with Crippen LogP contribution in [0.5, 0.6) is 0 Å². The summed E-state index contributed by atoms with van der Waals surface area (Å²) in [6.45, 7) is 9.30. The van der Waals surface area contributed by atoms with E-state index in [1.54, 1.807) is 31.7 Å². The molecule has 0 heterocycles. The third kappa shape index (κ3) is 6.31.